The van der Waals surface area contributed by atoms with Crippen LogP contribution in [-0.4, -0.2) is 35.3 Å². The molecule has 74 valence electrons. The SMILES string of the molecule is Cc1nn(CCN(C)C)c(N)c1Br. The fraction of sp³-hybridized carbons (Fsp3) is 0.625. The summed E-state index contributed by atoms with van der Waals surface area (Å²) in [7, 11) is 4.06. The van der Waals surface area contributed by atoms with Crippen molar-refractivity contribution in [1.82, 2.24) is 14.7 Å². The molecule has 0 aliphatic carbocycles. The Bertz CT molecular complexity index is 293. The first kappa shape index (κ1) is 10.5. The number of likely N-dealkylation sites (N-methyl/N-ethyl adjacent to an activating group) is 1. The molecule has 0 spiro atoms. The summed E-state index contributed by atoms with van der Waals surface area (Å²) in [6.45, 7) is 3.70. The quantitative estimate of drug-likeness (QED) is 0.869. The molecule has 0 atom stereocenters. The van der Waals surface area contributed by atoms with Crippen LogP contribution >= 0.6 is 15.9 Å². The summed E-state index contributed by atoms with van der Waals surface area (Å²) in [4.78, 5) is 2.10. The van der Waals surface area contributed by atoms with Crippen molar-refractivity contribution in [1.29, 1.82) is 0 Å². The van der Waals surface area contributed by atoms with Crippen molar-refractivity contribution in [2.45, 2.75) is 13.5 Å². The lowest BCUT2D eigenvalue weighted by molar-refractivity contribution is 0.374. The van der Waals surface area contributed by atoms with Crippen molar-refractivity contribution >= 4 is 21.7 Å². The number of nitrogens with zero attached hydrogens (tertiary/aromatic N) is 3. The third-order valence-corrected chi connectivity index (χ3v) is 2.83. The normalized spacial score (nSPS) is 11.2. The van der Waals surface area contributed by atoms with Crippen molar-refractivity contribution in [3.05, 3.63) is 10.2 Å². The van der Waals surface area contributed by atoms with Crippen LogP contribution in [0.2, 0.25) is 0 Å². The molecule has 0 fully saturated rings. The monoisotopic (exact) mass is 246 g/mol. The Morgan fingerprint density at radius 1 is 1.54 bits per heavy atom. The molecule has 1 rings (SSSR count). The third kappa shape index (κ3) is 2.45. The van der Waals surface area contributed by atoms with Crippen LogP contribution in [0.4, 0.5) is 5.82 Å². The number of rotatable bonds is 3. The van der Waals surface area contributed by atoms with Crippen LogP contribution < -0.4 is 5.73 Å². The lowest BCUT2D eigenvalue weighted by Gasteiger charge is -2.09. The first-order chi connectivity index (χ1) is 6.02. The zero-order valence-electron chi connectivity index (χ0n) is 8.21. The van der Waals surface area contributed by atoms with Gasteiger partial charge in [0.25, 0.3) is 0 Å². The molecule has 0 saturated carbocycles. The van der Waals surface area contributed by atoms with Crippen LogP contribution in [-0.2, 0) is 6.54 Å². The van der Waals surface area contributed by atoms with Crippen LogP contribution in [0, 0.1) is 6.92 Å². The highest BCUT2D eigenvalue weighted by atomic mass is 79.9. The molecule has 13 heavy (non-hydrogen) atoms. The molecule has 1 aromatic rings. The van der Waals surface area contributed by atoms with Crippen molar-refractivity contribution in [3.8, 4) is 0 Å². The van der Waals surface area contributed by atoms with E-state index >= 15 is 0 Å². The van der Waals surface area contributed by atoms with Crippen LogP contribution in [0.5, 0.6) is 0 Å². The Balaban J connectivity index is 2.72. The number of aromatic nitrogens is 2. The molecule has 1 aromatic heterocycles. The highest BCUT2D eigenvalue weighted by Crippen LogP contribution is 2.22. The first-order valence-electron chi connectivity index (χ1n) is 4.15. The maximum absolute atomic E-state index is 5.82. The second-order valence-corrected chi connectivity index (χ2v) is 4.10. The predicted octanol–water partition coefficient (Wildman–Crippen LogP) is 1.10. The Hall–Kier alpha value is -0.550. The molecule has 2 N–H and O–H groups in total. The van der Waals surface area contributed by atoms with Gasteiger partial charge in [-0.25, -0.2) is 4.68 Å². The van der Waals surface area contributed by atoms with Gasteiger partial charge in [0.2, 0.25) is 0 Å². The molecule has 0 amide bonds. The zero-order valence-corrected chi connectivity index (χ0v) is 9.80. The topological polar surface area (TPSA) is 47.1 Å². The van der Waals surface area contributed by atoms with Crippen molar-refractivity contribution in [3.63, 3.8) is 0 Å². The van der Waals surface area contributed by atoms with Gasteiger partial charge in [0.15, 0.2) is 0 Å². The molecule has 0 aliphatic heterocycles. The van der Waals surface area contributed by atoms with Gasteiger partial charge in [-0.3, -0.25) is 0 Å². The molecule has 0 radical (unpaired) electrons. The maximum atomic E-state index is 5.82. The van der Waals surface area contributed by atoms with Gasteiger partial charge in [-0.05, 0) is 36.9 Å². The number of halogens is 1. The molecule has 0 aromatic carbocycles. The summed E-state index contributed by atoms with van der Waals surface area (Å²) in [5.74, 6) is 0.708. The number of aryl methyl sites for hydroxylation is 1. The van der Waals surface area contributed by atoms with Crippen molar-refractivity contribution < 1.29 is 0 Å². The highest BCUT2D eigenvalue weighted by Gasteiger charge is 2.08. The number of anilines is 1. The van der Waals surface area contributed by atoms with Gasteiger partial charge in [0.05, 0.1) is 16.7 Å². The minimum atomic E-state index is 0.708. The van der Waals surface area contributed by atoms with E-state index in [4.69, 9.17) is 5.73 Å². The maximum Gasteiger partial charge on any atom is 0.136 e. The van der Waals surface area contributed by atoms with Gasteiger partial charge in [-0.2, -0.15) is 5.10 Å². The Morgan fingerprint density at radius 2 is 2.15 bits per heavy atom. The van der Waals surface area contributed by atoms with Crippen molar-refractivity contribution in [2.24, 2.45) is 0 Å². The van der Waals surface area contributed by atoms with E-state index in [0.29, 0.717) is 5.82 Å². The van der Waals surface area contributed by atoms with Gasteiger partial charge in [0.1, 0.15) is 5.82 Å². The molecule has 0 aliphatic rings. The summed E-state index contributed by atoms with van der Waals surface area (Å²) in [5, 5.41) is 4.30. The van der Waals surface area contributed by atoms with Crippen LogP contribution in [0.15, 0.2) is 4.47 Å². The second kappa shape index (κ2) is 4.11. The first-order valence-corrected chi connectivity index (χ1v) is 4.94. The van der Waals surface area contributed by atoms with E-state index in [1.54, 1.807) is 0 Å². The summed E-state index contributed by atoms with van der Waals surface area (Å²) in [5.41, 5.74) is 6.77. The largest absolute Gasteiger partial charge is 0.383 e. The van der Waals surface area contributed by atoms with E-state index in [2.05, 4.69) is 25.9 Å². The Kier molecular flexibility index (Phi) is 3.33. The summed E-state index contributed by atoms with van der Waals surface area (Å²) >= 11 is 3.39. The molecular formula is C8H15BrN4. The van der Waals surface area contributed by atoms with E-state index in [1.807, 2.05) is 25.7 Å². The van der Waals surface area contributed by atoms with E-state index in [1.165, 1.54) is 0 Å². The molecule has 0 saturated heterocycles. The highest BCUT2D eigenvalue weighted by molar-refractivity contribution is 9.10. The summed E-state index contributed by atoms with van der Waals surface area (Å²) in [6, 6.07) is 0. The minimum absolute atomic E-state index is 0.708. The van der Waals surface area contributed by atoms with E-state index in [-0.39, 0.29) is 0 Å². The predicted molar refractivity (Wildman–Crippen MR) is 57.6 cm³/mol. The number of hydrogen-bond donors (Lipinski definition) is 1. The summed E-state index contributed by atoms with van der Waals surface area (Å²) in [6.07, 6.45) is 0. The van der Waals surface area contributed by atoms with Crippen LogP contribution in [0.25, 0.3) is 0 Å². The Morgan fingerprint density at radius 3 is 2.54 bits per heavy atom. The number of nitrogen functional groups attached to an aromatic ring is 1. The molecular weight excluding hydrogens is 232 g/mol. The van der Waals surface area contributed by atoms with Crippen LogP contribution in [0.1, 0.15) is 5.69 Å². The molecule has 5 heteroatoms. The zero-order chi connectivity index (χ0) is 10.0. The summed E-state index contributed by atoms with van der Waals surface area (Å²) < 4.78 is 2.73. The Labute approximate surface area is 86.8 Å². The van der Waals surface area contributed by atoms with Gasteiger partial charge < -0.3 is 10.6 Å². The average molecular weight is 247 g/mol. The second-order valence-electron chi connectivity index (χ2n) is 3.31. The van der Waals surface area contributed by atoms with Gasteiger partial charge in [0, 0.05) is 6.54 Å². The smallest absolute Gasteiger partial charge is 0.136 e. The average Bonchev–Trinajstić information content (AvgIpc) is 2.29. The fourth-order valence-electron chi connectivity index (χ4n) is 1.04. The standard InChI is InChI=1S/C8H15BrN4/c1-6-7(9)8(10)13(11-6)5-4-12(2)3/h4-5,10H2,1-3H3. The van der Waals surface area contributed by atoms with E-state index in [0.717, 1.165) is 23.3 Å². The van der Waals surface area contributed by atoms with Crippen LogP contribution in [0.3, 0.4) is 0 Å². The fourth-order valence-corrected chi connectivity index (χ4v) is 1.33. The van der Waals surface area contributed by atoms with Gasteiger partial charge in [-0.1, -0.05) is 0 Å². The minimum Gasteiger partial charge on any atom is -0.383 e. The van der Waals surface area contributed by atoms with Gasteiger partial charge >= 0.3 is 0 Å². The lowest BCUT2D eigenvalue weighted by atomic mass is 10.5. The molecule has 4 nitrogen and oxygen atoms in total. The number of hydrogen-bond acceptors (Lipinski definition) is 3. The van der Waals surface area contributed by atoms with Crippen molar-refractivity contribution in [2.75, 3.05) is 26.4 Å². The van der Waals surface area contributed by atoms with E-state index < -0.39 is 0 Å². The third-order valence-electron chi connectivity index (χ3n) is 1.85. The number of nitrogens with two attached hydrogens (primary N) is 1. The molecule has 0 unspecified atom stereocenters. The van der Waals surface area contributed by atoms with E-state index in [9.17, 15) is 0 Å². The molecule has 0 bridgehead atoms. The molecule has 1 heterocycles. The lowest BCUT2D eigenvalue weighted by Crippen LogP contribution is -2.19. The van der Waals surface area contributed by atoms with Gasteiger partial charge in [-0.15, -0.1) is 0 Å².